The van der Waals surface area contributed by atoms with Crippen LogP contribution in [-0.2, 0) is 4.84 Å². The van der Waals surface area contributed by atoms with Crippen LogP contribution in [0.1, 0.15) is 20.7 Å². The zero-order valence-corrected chi connectivity index (χ0v) is 16.5. The van der Waals surface area contributed by atoms with Gasteiger partial charge in [0.15, 0.2) is 0 Å². The summed E-state index contributed by atoms with van der Waals surface area (Å²) in [5.74, 6) is -0.943. The molecule has 3 rings (SSSR count). The molecule has 140 valence electrons. The molecule has 0 bridgehead atoms. The third-order valence-corrected chi connectivity index (χ3v) is 4.53. The van der Waals surface area contributed by atoms with E-state index in [4.69, 9.17) is 4.84 Å². The molecule has 0 saturated heterocycles. The third-order valence-electron chi connectivity index (χ3n) is 3.59. The zero-order valence-electron chi connectivity index (χ0n) is 14.4. The SMILES string of the molecule is O=C(N=Nc1ccc(NOC(=O)c2ccccc2I)cc1)c1ccc(O)cc1. The van der Waals surface area contributed by atoms with E-state index in [0.717, 1.165) is 3.57 Å². The number of phenolic OH excluding ortho intramolecular Hbond substituents is 1. The first kappa shape index (κ1) is 19.5. The number of halogens is 1. The first-order valence-electron chi connectivity index (χ1n) is 8.10. The average molecular weight is 487 g/mol. The largest absolute Gasteiger partial charge is 0.508 e. The van der Waals surface area contributed by atoms with E-state index in [1.165, 1.54) is 24.3 Å². The number of carbonyl (C=O) groups excluding carboxylic acids is 2. The summed E-state index contributed by atoms with van der Waals surface area (Å²) in [7, 11) is 0. The van der Waals surface area contributed by atoms with Crippen molar-refractivity contribution in [2.45, 2.75) is 0 Å². The van der Waals surface area contributed by atoms with Gasteiger partial charge < -0.3 is 9.94 Å². The zero-order chi connectivity index (χ0) is 19.9. The Morgan fingerprint density at radius 3 is 2.29 bits per heavy atom. The van der Waals surface area contributed by atoms with Crippen molar-refractivity contribution < 1.29 is 19.5 Å². The predicted octanol–water partition coefficient (Wildman–Crippen LogP) is 5.10. The normalized spacial score (nSPS) is 10.6. The minimum absolute atomic E-state index is 0.0688. The van der Waals surface area contributed by atoms with E-state index in [1.807, 2.05) is 12.1 Å². The summed E-state index contributed by atoms with van der Waals surface area (Å²) in [6.45, 7) is 0. The number of rotatable bonds is 5. The van der Waals surface area contributed by atoms with Crippen LogP contribution in [0.5, 0.6) is 5.75 Å². The lowest BCUT2D eigenvalue weighted by Gasteiger charge is -2.07. The molecular formula is C20H14IN3O4. The molecule has 28 heavy (non-hydrogen) atoms. The maximum Gasteiger partial charge on any atom is 0.363 e. The summed E-state index contributed by atoms with van der Waals surface area (Å²) in [6, 6.07) is 19.4. The molecule has 0 atom stereocenters. The van der Waals surface area contributed by atoms with Crippen molar-refractivity contribution in [1.29, 1.82) is 0 Å². The van der Waals surface area contributed by atoms with Gasteiger partial charge in [-0.15, -0.1) is 10.2 Å². The minimum Gasteiger partial charge on any atom is -0.508 e. The number of anilines is 1. The highest BCUT2D eigenvalue weighted by atomic mass is 127. The molecule has 3 aromatic rings. The fourth-order valence-electron chi connectivity index (χ4n) is 2.15. The third kappa shape index (κ3) is 5.13. The summed E-state index contributed by atoms with van der Waals surface area (Å²) >= 11 is 2.06. The van der Waals surface area contributed by atoms with Crippen LogP contribution < -0.4 is 5.48 Å². The standard InChI is InChI=1S/C20H14IN3O4/c21-18-4-2-1-3-17(18)20(27)28-24-15-9-7-14(8-10-15)22-23-19(26)13-5-11-16(25)12-6-13/h1-12,24-25H. The van der Waals surface area contributed by atoms with Crippen LogP contribution in [0.25, 0.3) is 0 Å². The monoisotopic (exact) mass is 487 g/mol. The second-order valence-electron chi connectivity index (χ2n) is 5.57. The summed E-state index contributed by atoms with van der Waals surface area (Å²) in [4.78, 5) is 29.1. The second-order valence-corrected chi connectivity index (χ2v) is 6.73. The highest BCUT2D eigenvalue weighted by Gasteiger charge is 2.11. The number of carbonyl (C=O) groups is 2. The predicted molar refractivity (Wildman–Crippen MR) is 112 cm³/mol. The van der Waals surface area contributed by atoms with Gasteiger partial charge in [0.2, 0.25) is 0 Å². The smallest absolute Gasteiger partial charge is 0.363 e. The lowest BCUT2D eigenvalue weighted by atomic mass is 10.2. The highest BCUT2D eigenvalue weighted by Crippen LogP contribution is 2.19. The minimum atomic E-state index is -0.520. The molecule has 0 fully saturated rings. The van der Waals surface area contributed by atoms with Crippen molar-refractivity contribution in [3.05, 3.63) is 87.5 Å². The molecule has 2 N–H and O–H groups in total. The van der Waals surface area contributed by atoms with E-state index >= 15 is 0 Å². The van der Waals surface area contributed by atoms with Crippen molar-refractivity contribution in [2.75, 3.05) is 5.48 Å². The number of aromatic hydroxyl groups is 1. The van der Waals surface area contributed by atoms with E-state index in [2.05, 4.69) is 38.3 Å². The maximum absolute atomic E-state index is 12.1. The van der Waals surface area contributed by atoms with E-state index in [0.29, 0.717) is 22.5 Å². The van der Waals surface area contributed by atoms with Gasteiger partial charge in [0.25, 0.3) is 5.91 Å². The Morgan fingerprint density at radius 1 is 0.929 bits per heavy atom. The van der Waals surface area contributed by atoms with Gasteiger partial charge in [0, 0.05) is 9.13 Å². The van der Waals surface area contributed by atoms with E-state index in [9.17, 15) is 14.7 Å². The summed E-state index contributed by atoms with van der Waals surface area (Å²) in [5.41, 5.74) is 4.37. The van der Waals surface area contributed by atoms with Crippen LogP contribution >= 0.6 is 22.6 Å². The second kappa shape index (κ2) is 9.09. The van der Waals surface area contributed by atoms with Crippen LogP contribution in [0.4, 0.5) is 11.4 Å². The van der Waals surface area contributed by atoms with E-state index in [-0.39, 0.29) is 5.75 Å². The van der Waals surface area contributed by atoms with E-state index in [1.54, 1.807) is 36.4 Å². The Hall–Kier alpha value is -3.27. The topological polar surface area (TPSA) is 100 Å². The van der Waals surface area contributed by atoms with Crippen LogP contribution in [0, 0.1) is 3.57 Å². The van der Waals surface area contributed by atoms with E-state index < -0.39 is 11.9 Å². The lowest BCUT2D eigenvalue weighted by Crippen LogP contribution is -2.11. The maximum atomic E-state index is 12.1. The highest BCUT2D eigenvalue weighted by molar-refractivity contribution is 14.1. The molecule has 7 nitrogen and oxygen atoms in total. The van der Waals surface area contributed by atoms with Gasteiger partial charge in [-0.25, -0.2) is 10.3 Å². The number of azo groups is 1. The van der Waals surface area contributed by atoms with Crippen molar-refractivity contribution in [1.82, 2.24) is 0 Å². The summed E-state index contributed by atoms with van der Waals surface area (Å²) < 4.78 is 0.793. The van der Waals surface area contributed by atoms with Crippen LogP contribution in [-0.4, -0.2) is 17.0 Å². The molecule has 0 spiro atoms. The van der Waals surface area contributed by atoms with Gasteiger partial charge in [-0.1, -0.05) is 12.1 Å². The number of nitrogens with one attached hydrogen (secondary N) is 1. The molecule has 1 amide bonds. The molecule has 0 aliphatic carbocycles. The molecule has 3 aromatic carbocycles. The molecule has 0 heterocycles. The Bertz CT molecular complexity index is 1020. The van der Waals surface area contributed by atoms with Gasteiger partial charge in [0.1, 0.15) is 5.75 Å². The molecule has 0 aliphatic heterocycles. The van der Waals surface area contributed by atoms with Crippen molar-refractivity contribution in [2.24, 2.45) is 10.2 Å². The summed E-state index contributed by atoms with van der Waals surface area (Å²) in [6.07, 6.45) is 0. The number of nitrogens with zero attached hydrogens (tertiary/aromatic N) is 2. The molecule has 0 aromatic heterocycles. The fraction of sp³-hybridized carbons (Fsp3) is 0. The molecule has 0 radical (unpaired) electrons. The first-order valence-corrected chi connectivity index (χ1v) is 9.18. The Balaban J connectivity index is 1.57. The van der Waals surface area contributed by atoms with Gasteiger partial charge in [-0.2, -0.15) is 0 Å². The van der Waals surface area contributed by atoms with Crippen molar-refractivity contribution in [3.63, 3.8) is 0 Å². The quantitative estimate of drug-likeness (QED) is 0.296. The van der Waals surface area contributed by atoms with Crippen molar-refractivity contribution >= 4 is 45.8 Å². The Labute approximate surface area is 174 Å². The molecule has 8 heteroatoms. The fourth-order valence-corrected chi connectivity index (χ4v) is 2.76. The van der Waals surface area contributed by atoms with Crippen molar-refractivity contribution in [3.8, 4) is 5.75 Å². The average Bonchev–Trinajstić information content (AvgIpc) is 2.72. The Kier molecular flexibility index (Phi) is 6.33. The molecular weight excluding hydrogens is 473 g/mol. The Morgan fingerprint density at radius 2 is 1.61 bits per heavy atom. The van der Waals surface area contributed by atoms with Gasteiger partial charge in [0.05, 0.1) is 16.9 Å². The number of hydrogen-bond acceptors (Lipinski definition) is 6. The van der Waals surface area contributed by atoms with Gasteiger partial charge in [-0.05, 0) is 83.3 Å². The van der Waals surface area contributed by atoms with Gasteiger partial charge in [-0.3, -0.25) is 4.79 Å². The molecule has 0 unspecified atom stereocenters. The van der Waals surface area contributed by atoms with Gasteiger partial charge >= 0.3 is 5.97 Å². The number of amides is 1. The number of hydrogen-bond donors (Lipinski definition) is 2. The summed E-state index contributed by atoms with van der Waals surface area (Å²) in [5, 5.41) is 16.7. The lowest BCUT2D eigenvalue weighted by molar-refractivity contribution is 0.0595. The molecule has 0 aliphatic rings. The molecule has 0 saturated carbocycles. The van der Waals surface area contributed by atoms with Crippen LogP contribution in [0.2, 0.25) is 0 Å². The number of phenols is 1. The first-order chi connectivity index (χ1) is 13.5. The van der Waals surface area contributed by atoms with Crippen LogP contribution in [0.15, 0.2) is 83.0 Å². The number of benzene rings is 3. The van der Waals surface area contributed by atoms with Crippen LogP contribution in [0.3, 0.4) is 0 Å².